The molecule has 1 saturated heterocycles. The van der Waals surface area contributed by atoms with Crippen LogP contribution in [0.3, 0.4) is 0 Å². The first-order valence-electron chi connectivity index (χ1n) is 9.72. The van der Waals surface area contributed by atoms with E-state index in [4.69, 9.17) is 16.2 Å². The monoisotopic (exact) mass is 382 g/mol. The number of benzene rings is 1. The molecule has 1 aromatic carbocycles. The van der Waals surface area contributed by atoms with E-state index < -0.39 is 0 Å². The summed E-state index contributed by atoms with van der Waals surface area (Å²) < 4.78 is 5.39. The van der Waals surface area contributed by atoms with E-state index in [2.05, 4.69) is 20.2 Å². The van der Waals surface area contributed by atoms with Gasteiger partial charge in [-0.25, -0.2) is 4.98 Å². The van der Waals surface area contributed by atoms with Crippen LogP contribution in [-0.4, -0.2) is 54.3 Å². The van der Waals surface area contributed by atoms with E-state index in [9.17, 15) is 4.79 Å². The van der Waals surface area contributed by atoms with Gasteiger partial charge >= 0.3 is 0 Å². The van der Waals surface area contributed by atoms with Crippen LogP contribution < -0.4 is 21.7 Å². The molecule has 0 unspecified atom stereocenters. The van der Waals surface area contributed by atoms with Crippen molar-refractivity contribution in [3.05, 3.63) is 35.9 Å². The van der Waals surface area contributed by atoms with E-state index in [0.29, 0.717) is 36.2 Å². The predicted octanol–water partition coefficient (Wildman–Crippen LogP) is 1.17. The highest BCUT2D eigenvalue weighted by molar-refractivity contribution is 5.95. The lowest BCUT2D eigenvalue weighted by Crippen LogP contribution is -2.37. The molecule has 2 aliphatic rings. The Kier molecular flexibility index (Phi) is 5.40. The molecule has 0 radical (unpaired) electrons. The standard InChI is InChI=1S/C20H26N6O2/c21-15-4-5-16(11-15)23-19(27)14-3-1-2-13(10-14)17-12-18(22)25-20(24-17)26-6-8-28-9-7-26/h1-3,10,12,15-16H,4-9,11,21H2,(H,23,27)(H2,22,24,25)/t15-,16+/m1/s1. The summed E-state index contributed by atoms with van der Waals surface area (Å²) in [6, 6.07) is 9.49. The predicted molar refractivity (Wildman–Crippen MR) is 108 cm³/mol. The van der Waals surface area contributed by atoms with E-state index in [1.165, 1.54) is 0 Å². The molecule has 2 atom stereocenters. The summed E-state index contributed by atoms with van der Waals surface area (Å²) in [5.74, 6) is 0.908. The van der Waals surface area contributed by atoms with Crippen molar-refractivity contribution < 1.29 is 9.53 Å². The number of carbonyl (C=O) groups excluding carboxylic acids is 1. The quantitative estimate of drug-likeness (QED) is 0.726. The molecule has 4 rings (SSSR count). The molecule has 0 spiro atoms. The van der Waals surface area contributed by atoms with Gasteiger partial charge in [-0.2, -0.15) is 4.98 Å². The Bertz CT molecular complexity index is 852. The van der Waals surface area contributed by atoms with Crippen molar-refractivity contribution >= 4 is 17.7 Å². The van der Waals surface area contributed by atoms with Crippen LogP contribution in [0.15, 0.2) is 30.3 Å². The molecule has 28 heavy (non-hydrogen) atoms. The van der Waals surface area contributed by atoms with Crippen LogP contribution in [0.1, 0.15) is 29.6 Å². The first-order chi connectivity index (χ1) is 13.6. The maximum atomic E-state index is 12.6. The molecule has 2 aromatic rings. The van der Waals surface area contributed by atoms with Gasteiger partial charge in [0.25, 0.3) is 5.91 Å². The van der Waals surface area contributed by atoms with E-state index in [1.54, 1.807) is 12.1 Å². The normalized spacial score (nSPS) is 22.2. The maximum Gasteiger partial charge on any atom is 0.251 e. The van der Waals surface area contributed by atoms with Gasteiger partial charge in [0.05, 0.1) is 18.9 Å². The fourth-order valence-corrected chi connectivity index (χ4v) is 3.74. The summed E-state index contributed by atoms with van der Waals surface area (Å²) in [4.78, 5) is 23.7. The highest BCUT2D eigenvalue weighted by Crippen LogP contribution is 2.24. The van der Waals surface area contributed by atoms with Crippen molar-refractivity contribution in [3.8, 4) is 11.3 Å². The van der Waals surface area contributed by atoms with Gasteiger partial charge < -0.3 is 26.4 Å². The van der Waals surface area contributed by atoms with Crippen molar-refractivity contribution in [1.82, 2.24) is 15.3 Å². The number of amides is 1. The number of nitrogen functional groups attached to an aromatic ring is 1. The molecule has 1 saturated carbocycles. The molecule has 2 fully saturated rings. The first-order valence-corrected chi connectivity index (χ1v) is 9.72. The molecule has 8 heteroatoms. The number of aromatic nitrogens is 2. The molecule has 2 heterocycles. The second kappa shape index (κ2) is 8.12. The Balaban J connectivity index is 1.55. The number of ether oxygens (including phenoxy) is 1. The summed E-state index contributed by atoms with van der Waals surface area (Å²) in [7, 11) is 0. The lowest BCUT2D eigenvalue weighted by molar-refractivity contribution is 0.0937. The first kappa shape index (κ1) is 18.6. The van der Waals surface area contributed by atoms with E-state index in [1.807, 2.05) is 18.2 Å². The van der Waals surface area contributed by atoms with Crippen LogP contribution in [0.5, 0.6) is 0 Å². The third-order valence-electron chi connectivity index (χ3n) is 5.26. The maximum absolute atomic E-state index is 12.6. The van der Waals surface area contributed by atoms with Crippen LogP contribution in [0.2, 0.25) is 0 Å². The molecule has 1 aromatic heterocycles. The van der Waals surface area contributed by atoms with Gasteiger partial charge in [0, 0.05) is 42.4 Å². The third kappa shape index (κ3) is 4.23. The molecular weight excluding hydrogens is 356 g/mol. The topological polar surface area (TPSA) is 119 Å². The van der Waals surface area contributed by atoms with Crippen LogP contribution in [0.25, 0.3) is 11.3 Å². The fraction of sp³-hybridized carbons (Fsp3) is 0.450. The van der Waals surface area contributed by atoms with E-state index in [-0.39, 0.29) is 18.0 Å². The van der Waals surface area contributed by atoms with Crippen LogP contribution in [0.4, 0.5) is 11.8 Å². The van der Waals surface area contributed by atoms with Gasteiger partial charge in [-0.3, -0.25) is 4.79 Å². The minimum Gasteiger partial charge on any atom is -0.384 e. The van der Waals surface area contributed by atoms with Gasteiger partial charge in [-0.05, 0) is 31.4 Å². The molecule has 1 aliphatic heterocycles. The minimum atomic E-state index is -0.0867. The number of rotatable bonds is 4. The Morgan fingerprint density at radius 2 is 2.00 bits per heavy atom. The number of hydrogen-bond acceptors (Lipinski definition) is 7. The van der Waals surface area contributed by atoms with Crippen molar-refractivity contribution in [3.63, 3.8) is 0 Å². The Morgan fingerprint density at radius 1 is 1.18 bits per heavy atom. The SMILES string of the molecule is Nc1cc(-c2cccc(C(=O)N[C@H]3CC[C@@H](N)C3)c2)nc(N2CCOCC2)n1. The number of carbonyl (C=O) groups is 1. The van der Waals surface area contributed by atoms with E-state index >= 15 is 0 Å². The van der Waals surface area contributed by atoms with Crippen molar-refractivity contribution in [2.24, 2.45) is 5.73 Å². The smallest absolute Gasteiger partial charge is 0.251 e. The van der Waals surface area contributed by atoms with Gasteiger partial charge in [0.2, 0.25) is 5.95 Å². The van der Waals surface area contributed by atoms with Crippen molar-refractivity contribution in [2.75, 3.05) is 36.9 Å². The lowest BCUT2D eigenvalue weighted by atomic mass is 10.1. The second-order valence-electron chi connectivity index (χ2n) is 7.40. The highest BCUT2D eigenvalue weighted by atomic mass is 16.5. The minimum absolute atomic E-state index is 0.0867. The molecule has 148 valence electrons. The summed E-state index contributed by atoms with van der Waals surface area (Å²) in [5, 5.41) is 3.08. The number of nitrogens with one attached hydrogen (secondary N) is 1. The molecule has 1 amide bonds. The Hall–Kier alpha value is -2.71. The highest BCUT2D eigenvalue weighted by Gasteiger charge is 2.23. The van der Waals surface area contributed by atoms with Crippen LogP contribution in [0, 0.1) is 0 Å². The zero-order valence-corrected chi connectivity index (χ0v) is 15.8. The molecule has 5 N–H and O–H groups in total. The summed E-state index contributed by atoms with van der Waals surface area (Å²) >= 11 is 0. The lowest BCUT2D eigenvalue weighted by Gasteiger charge is -2.27. The van der Waals surface area contributed by atoms with Crippen molar-refractivity contribution in [1.29, 1.82) is 0 Å². The number of morpholine rings is 1. The largest absolute Gasteiger partial charge is 0.384 e. The van der Waals surface area contributed by atoms with Crippen LogP contribution >= 0.6 is 0 Å². The average molecular weight is 382 g/mol. The average Bonchev–Trinajstić information content (AvgIpc) is 3.13. The molecular formula is C20H26N6O2. The van der Waals surface area contributed by atoms with Gasteiger partial charge in [0.1, 0.15) is 5.82 Å². The van der Waals surface area contributed by atoms with Gasteiger partial charge in [0.15, 0.2) is 0 Å². The second-order valence-corrected chi connectivity index (χ2v) is 7.40. The van der Waals surface area contributed by atoms with Gasteiger partial charge in [-0.1, -0.05) is 12.1 Å². The molecule has 1 aliphatic carbocycles. The molecule has 8 nitrogen and oxygen atoms in total. The van der Waals surface area contributed by atoms with Crippen molar-refractivity contribution in [2.45, 2.75) is 31.3 Å². The fourth-order valence-electron chi connectivity index (χ4n) is 3.74. The van der Waals surface area contributed by atoms with Crippen LogP contribution in [-0.2, 0) is 4.74 Å². The summed E-state index contributed by atoms with van der Waals surface area (Å²) in [6.45, 7) is 2.76. The number of hydrogen-bond donors (Lipinski definition) is 3. The Morgan fingerprint density at radius 3 is 2.75 bits per heavy atom. The number of anilines is 2. The van der Waals surface area contributed by atoms with E-state index in [0.717, 1.165) is 37.9 Å². The number of nitrogens with zero attached hydrogens (tertiary/aromatic N) is 3. The molecule has 0 bridgehead atoms. The summed E-state index contributed by atoms with van der Waals surface area (Å²) in [6.07, 6.45) is 2.71. The zero-order valence-electron chi connectivity index (χ0n) is 15.8. The Labute approximate surface area is 164 Å². The number of nitrogens with two attached hydrogens (primary N) is 2. The zero-order chi connectivity index (χ0) is 19.5. The third-order valence-corrected chi connectivity index (χ3v) is 5.26. The summed E-state index contributed by atoms with van der Waals surface area (Å²) in [5.41, 5.74) is 14.1. The van der Waals surface area contributed by atoms with Gasteiger partial charge in [-0.15, -0.1) is 0 Å².